The number of amides is 1. The Kier molecular flexibility index (Phi) is 5.74. The monoisotopic (exact) mass is 336 g/mol. The molecule has 23 heavy (non-hydrogen) atoms. The quantitative estimate of drug-likeness (QED) is 0.905. The molecule has 2 heterocycles. The molecule has 1 aromatic heterocycles. The molecule has 7 heteroatoms. The number of nitrogens with one attached hydrogen (secondary N) is 1. The molecule has 1 aliphatic rings. The average Bonchev–Trinajstić information content (AvgIpc) is 2.99. The summed E-state index contributed by atoms with van der Waals surface area (Å²) in [6.07, 6.45) is 3.49. The number of nitrogens with zero attached hydrogens (tertiary/aromatic N) is 3. The molecule has 1 fully saturated rings. The van der Waals surface area contributed by atoms with Crippen molar-refractivity contribution in [2.45, 2.75) is 25.4 Å². The van der Waals surface area contributed by atoms with Gasteiger partial charge >= 0.3 is 0 Å². The van der Waals surface area contributed by atoms with E-state index in [1.165, 1.54) is 10.9 Å². The number of likely N-dealkylation sites (N-methyl/N-ethyl adjacent to an activating group) is 1. The van der Waals surface area contributed by atoms with Crippen LogP contribution in [0.15, 0.2) is 35.4 Å². The number of rotatable bonds is 4. The van der Waals surface area contributed by atoms with Gasteiger partial charge in [0.05, 0.1) is 17.2 Å². The molecule has 2 aromatic rings. The van der Waals surface area contributed by atoms with Gasteiger partial charge in [0.25, 0.3) is 5.56 Å². The lowest BCUT2D eigenvalue weighted by atomic mass is 10.2. The molecular formula is C16H21ClN4O2. The van der Waals surface area contributed by atoms with E-state index in [2.05, 4.69) is 10.3 Å². The van der Waals surface area contributed by atoms with Crippen LogP contribution in [-0.2, 0) is 11.3 Å². The van der Waals surface area contributed by atoms with E-state index >= 15 is 0 Å². The molecule has 0 saturated carbocycles. The lowest BCUT2D eigenvalue weighted by Gasteiger charge is -2.24. The van der Waals surface area contributed by atoms with Crippen LogP contribution in [0, 0.1) is 0 Å². The summed E-state index contributed by atoms with van der Waals surface area (Å²) >= 11 is 0. The molecule has 0 bridgehead atoms. The topological polar surface area (TPSA) is 67.2 Å². The van der Waals surface area contributed by atoms with Crippen molar-refractivity contribution in [2.75, 3.05) is 20.1 Å². The summed E-state index contributed by atoms with van der Waals surface area (Å²) in [5.41, 5.74) is 0.494. The van der Waals surface area contributed by atoms with E-state index < -0.39 is 0 Å². The predicted molar refractivity (Wildman–Crippen MR) is 91.9 cm³/mol. The van der Waals surface area contributed by atoms with Gasteiger partial charge in [0.1, 0.15) is 6.54 Å². The zero-order valence-electron chi connectivity index (χ0n) is 13.1. The lowest BCUT2D eigenvalue weighted by Crippen LogP contribution is -2.43. The number of hydrogen-bond acceptors (Lipinski definition) is 4. The number of benzene rings is 1. The van der Waals surface area contributed by atoms with E-state index in [0.29, 0.717) is 10.9 Å². The number of carbonyl (C=O) groups is 1. The third-order valence-electron chi connectivity index (χ3n) is 4.17. The van der Waals surface area contributed by atoms with Crippen LogP contribution in [0.1, 0.15) is 12.8 Å². The van der Waals surface area contributed by atoms with E-state index in [4.69, 9.17) is 0 Å². The van der Waals surface area contributed by atoms with Gasteiger partial charge in [-0.15, -0.1) is 12.4 Å². The van der Waals surface area contributed by atoms with Crippen LogP contribution in [0.4, 0.5) is 0 Å². The van der Waals surface area contributed by atoms with E-state index in [0.717, 1.165) is 25.9 Å². The fourth-order valence-electron chi connectivity index (χ4n) is 3.07. The van der Waals surface area contributed by atoms with Crippen molar-refractivity contribution < 1.29 is 4.79 Å². The summed E-state index contributed by atoms with van der Waals surface area (Å²) in [5, 5.41) is 3.67. The van der Waals surface area contributed by atoms with Crippen molar-refractivity contribution >= 4 is 29.2 Å². The van der Waals surface area contributed by atoms with E-state index in [1.807, 2.05) is 18.0 Å². The van der Waals surface area contributed by atoms with Gasteiger partial charge in [-0.25, -0.2) is 4.98 Å². The van der Waals surface area contributed by atoms with Crippen molar-refractivity contribution in [1.29, 1.82) is 0 Å². The lowest BCUT2D eigenvalue weighted by molar-refractivity contribution is -0.132. The summed E-state index contributed by atoms with van der Waals surface area (Å²) in [6, 6.07) is 7.41. The summed E-state index contributed by atoms with van der Waals surface area (Å²) in [7, 11) is 1.89. The number of aromatic nitrogens is 2. The maximum atomic E-state index is 12.5. The van der Waals surface area contributed by atoms with E-state index in [9.17, 15) is 9.59 Å². The zero-order chi connectivity index (χ0) is 15.5. The second-order valence-electron chi connectivity index (χ2n) is 5.64. The van der Waals surface area contributed by atoms with Crippen molar-refractivity contribution in [1.82, 2.24) is 19.8 Å². The number of hydrogen-bond donors (Lipinski definition) is 1. The first-order valence-electron chi connectivity index (χ1n) is 7.59. The first-order valence-corrected chi connectivity index (χ1v) is 7.59. The summed E-state index contributed by atoms with van der Waals surface area (Å²) in [5.74, 6) is -0.0167. The SMILES string of the molecule is CNCC1CCCN1C(=O)Cn1cnc2ccccc2c1=O.Cl. The normalized spacial score (nSPS) is 17.3. The van der Waals surface area contributed by atoms with Gasteiger partial charge in [-0.05, 0) is 32.0 Å². The Balaban J connectivity index is 0.00000192. The minimum Gasteiger partial charge on any atom is -0.337 e. The first-order chi connectivity index (χ1) is 10.7. The Morgan fingerprint density at radius 1 is 1.39 bits per heavy atom. The first kappa shape index (κ1) is 17.4. The fraction of sp³-hybridized carbons (Fsp3) is 0.438. The fourth-order valence-corrected chi connectivity index (χ4v) is 3.07. The minimum absolute atomic E-state index is 0. The van der Waals surface area contributed by atoms with Gasteiger partial charge in [0, 0.05) is 19.1 Å². The summed E-state index contributed by atoms with van der Waals surface area (Å²) in [4.78, 5) is 31.1. The predicted octanol–water partition coefficient (Wildman–Crippen LogP) is 1.03. The highest BCUT2D eigenvalue weighted by Gasteiger charge is 2.28. The Morgan fingerprint density at radius 2 is 2.17 bits per heavy atom. The van der Waals surface area contributed by atoms with Crippen LogP contribution < -0.4 is 10.9 Å². The molecule has 6 nitrogen and oxygen atoms in total. The second-order valence-corrected chi connectivity index (χ2v) is 5.64. The van der Waals surface area contributed by atoms with Crippen molar-refractivity contribution in [3.63, 3.8) is 0 Å². The van der Waals surface area contributed by atoms with Crippen molar-refractivity contribution in [2.24, 2.45) is 0 Å². The molecule has 1 atom stereocenters. The maximum absolute atomic E-state index is 12.5. The Bertz CT molecular complexity index is 746. The smallest absolute Gasteiger partial charge is 0.261 e. The van der Waals surface area contributed by atoms with E-state index in [1.54, 1.807) is 18.2 Å². The van der Waals surface area contributed by atoms with Gasteiger partial charge in [-0.1, -0.05) is 12.1 Å². The molecule has 0 spiro atoms. The minimum atomic E-state index is -0.164. The third kappa shape index (κ3) is 3.54. The number of fused-ring (bicyclic) bond motifs is 1. The van der Waals surface area contributed by atoms with Gasteiger partial charge in [-0.3, -0.25) is 14.2 Å². The highest BCUT2D eigenvalue weighted by atomic mass is 35.5. The van der Waals surface area contributed by atoms with Gasteiger partial charge < -0.3 is 10.2 Å². The molecule has 1 saturated heterocycles. The summed E-state index contributed by atoms with van der Waals surface area (Å²) in [6.45, 7) is 1.61. The molecule has 3 rings (SSSR count). The number of halogens is 1. The van der Waals surface area contributed by atoms with Gasteiger partial charge in [-0.2, -0.15) is 0 Å². The highest BCUT2D eigenvalue weighted by Crippen LogP contribution is 2.17. The molecule has 1 aromatic carbocycles. The molecule has 124 valence electrons. The zero-order valence-corrected chi connectivity index (χ0v) is 13.9. The highest BCUT2D eigenvalue weighted by molar-refractivity contribution is 5.85. The third-order valence-corrected chi connectivity index (χ3v) is 4.17. The number of carbonyl (C=O) groups excluding carboxylic acids is 1. The molecule has 1 aliphatic heterocycles. The summed E-state index contributed by atoms with van der Waals surface area (Å²) < 4.78 is 1.40. The van der Waals surface area contributed by atoms with Crippen LogP contribution >= 0.6 is 12.4 Å². The largest absolute Gasteiger partial charge is 0.337 e. The Labute approximate surface area is 140 Å². The van der Waals surface area contributed by atoms with Crippen molar-refractivity contribution in [3.05, 3.63) is 40.9 Å². The maximum Gasteiger partial charge on any atom is 0.261 e. The number of para-hydroxylation sites is 1. The molecule has 1 N–H and O–H groups in total. The average molecular weight is 337 g/mol. The molecule has 1 unspecified atom stereocenters. The molecule has 1 amide bonds. The standard InChI is InChI=1S/C16H20N4O2.ClH/c1-17-9-12-5-4-8-20(12)15(21)10-19-11-18-14-7-3-2-6-13(14)16(19)22;/h2-3,6-7,11-12,17H,4-5,8-10H2,1H3;1H. The Morgan fingerprint density at radius 3 is 2.96 bits per heavy atom. The van der Waals surface area contributed by atoms with Crippen LogP contribution in [0.5, 0.6) is 0 Å². The number of likely N-dealkylation sites (tertiary alicyclic amines) is 1. The van der Waals surface area contributed by atoms with Crippen LogP contribution in [0.2, 0.25) is 0 Å². The van der Waals surface area contributed by atoms with Crippen LogP contribution in [0.25, 0.3) is 10.9 Å². The second kappa shape index (κ2) is 7.57. The van der Waals surface area contributed by atoms with Crippen LogP contribution in [0.3, 0.4) is 0 Å². The molecular weight excluding hydrogens is 316 g/mol. The van der Waals surface area contributed by atoms with Gasteiger partial charge in [0.15, 0.2) is 0 Å². The van der Waals surface area contributed by atoms with Crippen molar-refractivity contribution in [3.8, 4) is 0 Å². The van der Waals surface area contributed by atoms with E-state index in [-0.39, 0.29) is 36.5 Å². The Hall–Kier alpha value is -1.92. The van der Waals surface area contributed by atoms with Crippen LogP contribution in [-0.4, -0.2) is 46.5 Å². The molecule has 0 radical (unpaired) electrons. The molecule has 0 aliphatic carbocycles. The van der Waals surface area contributed by atoms with Gasteiger partial charge in [0.2, 0.25) is 5.91 Å².